The maximum absolute atomic E-state index is 12.7. The Labute approximate surface area is 163 Å². The largest absolute Gasteiger partial charge is 0.326 e. The molecule has 0 radical (unpaired) electrons. The Hall–Kier alpha value is -2.58. The lowest BCUT2D eigenvalue weighted by Gasteiger charge is -2.07. The highest BCUT2D eigenvalue weighted by Gasteiger charge is 2.13. The van der Waals surface area contributed by atoms with Gasteiger partial charge in [0.1, 0.15) is 4.83 Å². The Kier molecular flexibility index (Phi) is 4.53. The molecule has 27 heavy (non-hydrogen) atoms. The predicted octanol–water partition coefficient (Wildman–Crippen LogP) is 4.02. The van der Waals surface area contributed by atoms with Crippen molar-refractivity contribution in [3.63, 3.8) is 0 Å². The van der Waals surface area contributed by atoms with Crippen LogP contribution in [0.4, 0.5) is 5.69 Å². The molecule has 0 saturated carbocycles. The summed E-state index contributed by atoms with van der Waals surface area (Å²) in [4.78, 5) is 35.6. The van der Waals surface area contributed by atoms with Crippen LogP contribution in [-0.4, -0.2) is 20.4 Å². The van der Waals surface area contributed by atoms with Gasteiger partial charge in [-0.15, -0.1) is 22.7 Å². The number of hydrogen-bond donors (Lipinski definition) is 1. The van der Waals surface area contributed by atoms with Gasteiger partial charge in [-0.2, -0.15) is 0 Å². The first-order valence-electron chi connectivity index (χ1n) is 8.54. The third-order valence-electron chi connectivity index (χ3n) is 4.51. The van der Waals surface area contributed by atoms with Gasteiger partial charge in [0.25, 0.3) is 5.56 Å². The number of carbonyl (C=O) groups is 1. The zero-order chi connectivity index (χ0) is 19.1. The van der Waals surface area contributed by atoms with Gasteiger partial charge < -0.3 is 5.32 Å². The van der Waals surface area contributed by atoms with Gasteiger partial charge in [0, 0.05) is 23.5 Å². The zero-order valence-corrected chi connectivity index (χ0v) is 16.8. The number of nitrogens with zero attached hydrogens (tertiary/aromatic N) is 3. The van der Waals surface area contributed by atoms with E-state index in [1.165, 1.54) is 22.2 Å². The quantitative estimate of drug-likeness (QED) is 0.563. The van der Waals surface area contributed by atoms with E-state index in [0.717, 1.165) is 36.2 Å². The molecule has 1 aromatic carbocycles. The van der Waals surface area contributed by atoms with Crippen LogP contribution in [0, 0.1) is 20.8 Å². The summed E-state index contributed by atoms with van der Waals surface area (Å²) in [5.41, 5.74) is 2.56. The summed E-state index contributed by atoms with van der Waals surface area (Å²) >= 11 is 3.12. The van der Waals surface area contributed by atoms with Crippen LogP contribution in [-0.2, 0) is 11.3 Å². The normalized spacial score (nSPS) is 11.4. The van der Waals surface area contributed by atoms with E-state index >= 15 is 0 Å². The maximum atomic E-state index is 12.7. The summed E-state index contributed by atoms with van der Waals surface area (Å²) < 4.78 is 2.55. The molecule has 4 aromatic rings. The van der Waals surface area contributed by atoms with E-state index in [-0.39, 0.29) is 17.9 Å². The second-order valence-electron chi connectivity index (χ2n) is 6.42. The van der Waals surface area contributed by atoms with E-state index in [1.807, 2.05) is 39.0 Å². The number of benzene rings is 1. The summed E-state index contributed by atoms with van der Waals surface area (Å²) in [6.45, 7) is 6.18. The minimum atomic E-state index is -0.138. The molecule has 0 atom stereocenters. The number of carbonyl (C=O) groups excluding carboxylic acids is 1. The van der Waals surface area contributed by atoms with E-state index in [9.17, 15) is 9.59 Å². The van der Waals surface area contributed by atoms with Crippen LogP contribution < -0.4 is 10.9 Å². The maximum Gasteiger partial charge on any atom is 0.262 e. The number of aromatic nitrogens is 3. The highest BCUT2D eigenvalue weighted by atomic mass is 32.1. The molecule has 3 aromatic heterocycles. The first kappa shape index (κ1) is 17.8. The van der Waals surface area contributed by atoms with E-state index in [4.69, 9.17) is 0 Å². The molecule has 0 fully saturated rings. The van der Waals surface area contributed by atoms with E-state index in [0.29, 0.717) is 11.9 Å². The molecule has 0 bridgehead atoms. The average Bonchev–Trinajstić information content (AvgIpc) is 3.13. The number of nitrogens with one attached hydrogen (secondary N) is 1. The number of anilines is 1. The molecular weight excluding hydrogens is 380 g/mol. The van der Waals surface area contributed by atoms with Crippen LogP contribution in [0.15, 0.2) is 29.3 Å². The fourth-order valence-electron chi connectivity index (χ4n) is 2.99. The molecule has 4 rings (SSSR count). The topological polar surface area (TPSA) is 76.9 Å². The van der Waals surface area contributed by atoms with Gasteiger partial charge in [0.2, 0.25) is 5.91 Å². The second kappa shape index (κ2) is 6.86. The van der Waals surface area contributed by atoms with Gasteiger partial charge in [0.15, 0.2) is 0 Å². The summed E-state index contributed by atoms with van der Waals surface area (Å²) in [5.74, 6) is -0.138. The third kappa shape index (κ3) is 3.38. The Morgan fingerprint density at radius 3 is 2.85 bits per heavy atom. The SMILES string of the molecule is Cc1nc2ccc(NC(=O)CCn3cnc4sc(C)c(C)c4c3=O)cc2s1. The van der Waals surface area contributed by atoms with Crippen molar-refractivity contribution in [2.24, 2.45) is 0 Å². The van der Waals surface area contributed by atoms with Crippen LogP contribution >= 0.6 is 22.7 Å². The molecule has 0 aliphatic heterocycles. The van der Waals surface area contributed by atoms with E-state index < -0.39 is 0 Å². The van der Waals surface area contributed by atoms with Crippen molar-refractivity contribution in [2.75, 3.05) is 5.32 Å². The van der Waals surface area contributed by atoms with Crippen molar-refractivity contribution in [1.29, 1.82) is 0 Å². The third-order valence-corrected chi connectivity index (χ3v) is 6.56. The summed E-state index contributed by atoms with van der Waals surface area (Å²) in [6, 6.07) is 5.67. The summed E-state index contributed by atoms with van der Waals surface area (Å²) in [7, 11) is 0. The fraction of sp³-hybridized carbons (Fsp3) is 0.263. The standard InChI is InChI=1S/C19H18N4O2S2/c1-10-11(2)26-18-17(10)19(25)23(9-20-18)7-6-16(24)22-13-4-5-14-15(8-13)27-12(3)21-14/h4-5,8-9H,6-7H2,1-3H3,(H,22,24). The fourth-order valence-corrected chi connectivity index (χ4v) is 4.85. The van der Waals surface area contributed by atoms with Crippen molar-refractivity contribution >= 4 is 54.7 Å². The number of hydrogen-bond acceptors (Lipinski definition) is 6. The number of thiazole rings is 1. The van der Waals surface area contributed by atoms with Crippen LogP contribution in [0.3, 0.4) is 0 Å². The van der Waals surface area contributed by atoms with Crippen molar-refractivity contribution in [1.82, 2.24) is 14.5 Å². The van der Waals surface area contributed by atoms with Crippen molar-refractivity contribution < 1.29 is 4.79 Å². The Morgan fingerprint density at radius 2 is 2.04 bits per heavy atom. The Morgan fingerprint density at radius 1 is 1.22 bits per heavy atom. The van der Waals surface area contributed by atoms with Crippen molar-refractivity contribution in [2.45, 2.75) is 33.7 Å². The highest BCUT2D eigenvalue weighted by molar-refractivity contribution is 7.19. The van der Waals surface area contributed by atoms with Gasteiger partial charge in [-0.05, 0) is 44.5 Å². The molecule has 6 nitrogen and oxygen atoms in total. The molecule has 0 spiro atoms. The Bertz CT molecular complexity index is 1240. The highest BCUT2D eigenvalue weighted by Crippen LogP contribution is 2.26. The number of thiophene rings is 1. The minimum absolute atomic E-state index is 0.0868. The van der Waals surface area contributed by atoms with Gasteiger partial charge >= 0.3 is 0 Å². The molecule has 138 valence electrons. The number of amides is 1. The van der Waals surface area contributed by atoms with Gasteiger partial charge in [-0.1, -0.05) is 0 Å². The summed E-state index contributed by atoms with van der Waals surface area (Å²) in [5, 5.41) is 4.55. The smallest absolute Gasteiger partial charge is 0.262 e. The molecule has 3 heterocycles. The van der Waals surface area contributed by atoms with Gasteiger partial charge in [-0.3, -0.25) is 14.2 Å². The van der Waals surface area contributed by atoms with Crippen molar-refractivity contribution in [3.05, 3.63) is 50.3 Å². The molecule has 1 N–H and O–H groups in total. The minimum Gasteiger partial charge on any atom is -0.326 e. The van der Waals surface area contributed by atoms with E-state index in [1.54, 1.807) is 11.3 Å². The molecule has 0 aliphatic carbocycles. The monoisotopic (exact) mass is 398 g/mol. The molecule has 0 saturated heterocycles. The number of fused-ring (bicyclic) bond motifs is 2. The van der Waals surface area contributed by atoms with E-state index in [2.05, 4.69) is 15.3 Å². The van der Waals surface area contributed by atoms with Crippen molar-refractivity contribution in [3.8, 4) is 0 Å². The average molecular weight is 399 g/mol. The van der Waals surface area contributed by atoms with Crippen LogP contribution in [0.25, 0.3) is 20.4 Å². The zero-order valence-electron chi connectivity index (χ0n) is 15.2. The molecule has 1 amide bonds. The number of rotatable bonds is 4. The lowest BCUT2D eigenvalue weighted by Crippen LogP contribution is -2.23. The Balaban J connectivity index is 1.48. The lowest BCUT2D eigenvalue weighted by atomic mass is 10.2. The van der Waals surface area contributed by atoms with Gasteiger partial charge in [-0.25, -0.2) is 9.97 Å². The van der Waals surface area contributed by atoms with Crippen LogP contribution in [0.1, 0.15) is 21.9 Å². The predicted molar refractivity (Wildman–Crippen MR) is 111 cm³/mol. The lowest BCUT2D eigenvalue weighted by molar-refractivity contribution is -0.116. The van der Waals surface area contributed by atoms with Crippen LogP contribution in [0.2, 0.25) is 0 Å². The molecule has 0 aliphatic rings. The molecule has 8 heteroatoms. The first-order chi connectivity index (χ1) is 12.9. The van der Waals surface area contributed by atoms with Gasteiger partial charge in [0.05, 0.1) is 26.9 Å². The molecule has 0 unspecified atom stereocenters. The second-order valence-corrected chi connectivity index (χ2v) is 8.86. The number of aryl methyl sites for hydroxylation is 4. The van der Waals surface area contributed by atoms with Crippen LogP contribution in [0.5, 0.6) is 0 Å². The molecular formula is C19H18N4O2S2. The first-order valence-corrected chi connectivity index (χ1v) is 10.2. The summed E-state index contributed by atoms with van der Waals surface area (Å²) in [6.07, 6.45) is 1.73.